The van der Waals surface area contributed by atoms with Gasteiger partial charge in [-0.1, -0.05) is 18.2 Å². The Bertz CT molecular complexity index is 1120. The Labute approximate surface area is 189 Å². The van der Waals surface area contributed by atoms with Crippen LogP contribution in [0.4, 0.5) is 13.2 Å². The van der Waals surface area contributed by atoms with Crippen LogP contribution in [0.2, 0.25) is 0 Å². The Morgan fingerprint density at radius 2 is 1.58 bits per heavy atom. The first-order valence-electron chi connectivity index (χ1n) is 10.2. The zero-order chi connectivity index (χ0) is 24.0. The van der Waals surface area contributed by atoms with E-state index in [4.69, 9.17) is 4.42 Å². The van der Waals surface area contributed by atoms with Crippen LogP contribution >= 0.6 is 0 Å². The first-order valence-corrected chi connectivity index (χ1v) is 10.2. The van der Waals surface area contributed by atoms with Gasteiger partial charge in [-0.2, -0.15) is 0 Å². The van der Waals surface area contributed by atoms with Crippen LogP contribution in [0.25, 0.3) is 0 Å². The van der Waals surface area contributed by atoms with Gasteiger partial charge >= 0.3 is 0 Å². The van der Waals surface area contributed by atoms with E-state index >= 15 is 0 Å². The van der Waals surface area contributed by atoms with Gasteiger partial charge in [0.05, 0.1) is 6.54 Å². The second-order valence-electron chi connectivity index (χ2n) is 7.52. The molecule has 0 aliphatic carbocycles. The summed E-state index contributed by atoms with van der Waals surface area (Å²) in [5, 5.41) is 0. The molecule has 172 valence electrons. The lowest BCUT2D eigenvalue weighted by atomic mass is 10.1. The Kier molecular flexibility index (Phi) is 7.71. The number of benzene rings is 2. The lowest BCUT2D eigenvalue weighted by molar-refractivity contribution is -0.133. The fraction of sp³-hybridized carbons (Fsp3) is 0.200. The van der Waals surface area contributed by atoms with Crippen molar-refractivity contribution in [2.45, 2.75) is 20.0 Å². The smallest absolute Gasteiger partial charge is 0.254 e. The molecule has 33 heavy (non-hydrogen) atoms. The normalized spacial score (nSPS) is 10.7. The molecule has 0 saturated carbocycles. The molecule has 0 atom stereocenters. The van der Waals surface area contributed by atoms with E-state index in [0.29, 0.717) is 23.2 Å². The first-order chi connectivity index (χ1) is 15.7. The van der Waals surface area contributed by atoms with E-state index in [2.05, 4.69) is 6.58 Å². The monoisotopic (exact) mass is 456 g/mol. The number of nitrogens with zero attached hydrogens (tertiary/aromatic N) is 2. The molecule has 0 fully saturated rings. The average Bonchev–Trinajstić information content (AvgIpc) is 3.17. The highest BCUT2D eigenvalue weighted by Gasteiger charge is 2.23. The van der Waals surface area contributed by atoms with Crippen LogP contribution in [0.3, 0.4) is 0 Å². The van der Waals surface area contributed by atoms with E-state index < -0.39 is 29.3 Å². The first kappa shape index (κ1) is 23.8. The maximum absolute atomic E-state index is 13.6. The maximum Gasteiger partial charge on any atom is 0.254 e. The Morgan fingerprint density at radius 1 is 0.909 bits per heavy atom. The van der Waals surface area contributed by atoms with Gasteiger partial charge in [0.25, 0.3) is 5.91 Å². The van der Waals surface area contributed by atoms with Crippen molar-refractivity contribution in [2.24, 2.45) is 0 Å². The molecule has 5 nitrogen and oxygen atoms in total. The number of rotatable bonds is 9. The maximum atomic E-state index is 13.6. The lowest BCUT2D eigenvalue weighted by Gasteiger charge is -2.27. The molecule has 0 aliphatic heterocycles. The van der Waals surface area contributed by atoms with Gasteiger partial charge in [-0.3, -0.25) is 9.59 Å². The highest BCUT2D eigenvalue weighted by Crippen LogP contribution is 2.16. The van der Waals surface area contributed by atoms with Crippen LogP contribution in [0.15, 0.2) is 71.7 Å². The average molecular weight is 456 g/mol. The fourth-order valence-electron chi connectivity index (χ4n) is 3.30. The molecule has 0 unspecified atom stereocenters. The molecule has 0 aliphatic rings. The number of carbonyl (C=O) groups excluding carboxylic acids is 2. The third kappa shape index (κ3) is 6.58. The summed E-state index contributed by atoms with van der Waals surface area (Å²) in [4.78, 5) is 28.7. The van der Waals surface area contributed by atoms with E-state index in [1.54, 1.807) is 31.2 Å². The van der Waals surface area contributed by atoms with E-state index in [1.165, 1.54) is 23.1 Å². The van der Waals surface area contributed by atoms with Crippen LogP contribution in [-0.4, -0.2) is 34.7 Å². The molecule has 0 saturated heterocycles. The second-order valence-corrected chi connectivity index (χ2v) is 7.52. The van der Waals surface area contributed by atoms with Crippen molar-refractivity contribution < 1.29 is 27.2 Å². The number of halogens is 3. The van der Waals surface area contributed by atoms with E-state index in [1.807, 2.05) is 0 Å². The zero-order valence-corrected chi connectivity index (χ0v) is 18.1. The Balaban J connectivity index is 1.83. The largest absolute Gasteiger partial charge is 0.464 e. The molecule has 0 radical (unpaired) electrons. The summed E-state index contributed by atoms with van der Waals surface area (Å²) in [7, 11) is 0. The number of amides is 2. The van der Waals surface area contributed by atoms with Crippen LogP contribution in [0.5, 0.6) is 0 Å². The van der Waals surface area contributed by atoms with Crippen molar-refractivity contribution in [3.63, 3.8) is 0 Å². The highest BCUT2D eigenvalue weighted by molar-refractivity contribution is 5.96. The summed E-state index contributed by atoms with van der Waals surface area (Å²) < 4.78 is 46.1. The summed E-state index contributed by atoms with van der Waals surface area (Å²) in [5.74, 6) is -2.11. The van der Waals surface area contributed by atoms with Gasteiger partial charge in [-0.05, 0) is 48.9 Å². The van der Waals surface area contributed by atoms with Crippen molar-refractivity contribution in [1.29, 1.82) is 0 Å². The minimum atomic E-state index is -0.894. The van der Waals surface area contributed by atoms with Crippen LogP contribution in [0.1, 0.15) is 27.4 Å². The Hall–Kier alpha value is -3.81. The van der Waals surface area contributed by atoms with Crippen molar-refractivity contribution in [3.8, 4) is 0 Å². The van der Waals surface area contributed by atoms with Gasteiger partial charge in [0.1, 0.15) is 35.5 Å². The van der Waals surface area contributed by atoms with Crippen molar-refractivity contribution >= 4 is 11.8 Å². The Morgan fingerprint density at radius 3 is 2.15 bits per heavy atom. The molecule has 0 spiro atoms. The second kappa shape index (κ2) is 10.7. The minimum Gasteiger partial charge on any atom is -0.464 e. The van der Waals surface area contributed by atoms with Crippen molar-refractivity contribution in [1.82, 2.24) is 9.80 Å². The van der Waals surface area contributed by atoms with Gasteiger partial charge in [-0.15, -0.1) is 6.58 Å². The molecule has 1 aromatic heterocycles. The van der Waals surface area contributed by atoms with Crippen LogP contribution < -0.4 is 0 Å². The molecule has 0 bridgehead atoms. The van der Waals surface area contributed by atoms with Crippen molar-refractivity contribution in [2.75, 3.05) is 13.1 Å². The molecule has 3 aromatic rings. The quantitative estimate of drug-likeness (QED) is 0.432. The molecule has 8 heteroatoms. The number of furan rings is 1. The van der Waals surface area contributed by atoms with Crippen molar-refractivity contribution in [3.05, 3.63) is 107 Å². The van der Waals surface area contributed by atoms with Gasteiger partial charge in [0.15, 0.2) is 0 Å². The summed E-state index contributed by atoms with van der Waals surface area (Å²) in [6, 6.07) is 11.7. The molecule has 2 amide bonds. The van der Waals surface area contributed by atoms with Crippen LogP contribution in [0, 0.1) is 24.4 Å². The third-order valence-corrected chi connectivity index (χ3v) is 4.85. The molecule has 2 aromatic carbocycles. The van der Waals surface area contributed by atoms with E-state index in [0.717, 1.165) is 17.0 Å². The van der Waals surface area contributed by atoms with Gasteiger partial charge in [-0.25, -0.2) is 13.2 Å². The summed E-state index contributed by atoms with van der Waals surface area (Å²) in [6.45, 7) is 5.27. The lowest BCUT2D eigenvalue weighted by Crippen LogP contribution is -2.42. The standard InChI is InChI=1S/C25H23F3N2O3/c1-3-10-29(25(32)19-11-21(27)13-22(28)12-19)16-24(31)30(15-23-9-4-17(2)33-23)14-18-5-7-20(26)8-6-18/h3-9,11-13H,1,10,14-16H2,2H3. The molecular formula is C25H23F3N2O3. The summed E-state index contributed by atoms with van der Waals surface area (Å²) >= 11 is 0. The SMILES string of the molecule is C=CCN(CC(=O)N(Cc1ccc(F)cc1)Cc1ccc(C)o1)C(=O)c1cc(F)cc(F)c1. The van der Waals surface area contributed by atoms with Gasteiger partial charge in [0, 0.05) is 24.7 Å². The minimum absolute atomic E-state index is 0.00699. The number of hydrogen-bond acceptors (Lipinski definition) is 3. The summed E-state index contributed by atoms with van der Waals surface area (Å²) in [6.07, 6.45) is 1.42. The van der Waals surface area contributed by atoms with Gasteiger partial charge in [0.2, 0.25) is 5.91 Å². The summed E-state index contributed by atoms with van der Waals surface area (Å²) in [5.41, 5.74) is 0.468. The predicted octanol–water partition coefficient (Wildman–Crippen LogP) is 4.86. The number of hydrogen-bond donors (Lipinski definition) is 0. The van der Waals surface area contributed by atoms with E-state index in [-0.39, 0.29) is 31.7 Å². The molecule has 0 N–H and O–H groups in total. The topological polar surface area (TPSA) is 53.8 Å². The van der Waals surface area contributed by atoms with Crippen LogP contribution in [-0.2, 0) is 17.9 Å². The van der Waals surface area contributed by atoms with E-state index in [9.17, 15) is 22.8 Å². The molecule has 1 heterocycles. The number of aryl methyl sites for hydroxylation is 1. The molecule has 3 rings (SSSR count). The predicted molar refractivity (Wildman–Crippen MR) is 117 cm³/mol. The molecular weight excluding hydrogens is 433 g/mol. The highest BCUT2D eigenvalue weighted by atomic mass is 19.1. The van der Waals surface area contributed by atoms with Gasteiger partial charge < -0.3 is 14.2 Å². The third-order valence-electron chi connectivity index (χ3n) is 4.85. The zero-order valence-electron chi connectivity index (χ0n) is 18.1. The number of carbonyl (C=O) groups is 2. The fourth-order valence-corrected chi connectivity index (χ4v) is 3.30.